The van der Waals surface area contributed by atoms with Crippen molar-refractivity contribution in [2.24, 2.45) is 5.92 Å². The van der Waals surface area contributed by atoms with Gasteiger partial charge in [0.05, 0.1) is 31.9 Å². The Morgan fingerprint density at radius 1 is 1.10 bits per heavy atom. The lowest BCUT2D eigenvalue weighted by Crippen LogP contribution is -2.61. The number of hydrogen-bond acceptors (Lipinski definition) is 5. The molecular weight excluding hydrogens is 390 g/mol. The van der Waals surface area contributed by atoms with Gasteiger partial charge in [0.1, 0.15) is 11.5 Å². The molecule has 6 heteroatoms. The van der Waals surface area contributed by atoms with Crippen LogP contribution in [0.15, 0.2) is 71.3 Å². The molecule has 2 aliphatic rings. The molecule has 1 N–H and O–H groups in total. The lowest BCUT2D eigenvalue weighted by Gasteiger charge is -2.49. The van der Waals surface area contributed by atoms with Gasteiger partial charge in [0.15, 0.2) is 0 Å². The SMILES string of the molecule is COc1ccc(N2CCN3c4ccccc4C[C@@H](C(=O)NCc4ccco4)[C@@H]3C2)cc1. The monoisotopic (exact) mass is 417 g/mol. The fraction of sp³-hybridized carbons (Fsp3) is 0.320. The number of anilines is 2. The van der Waals surface area contributed by atoms with E-state index in [0.717, 1.165) is 43.3 Å². The van der Waals surface area contributed by atoms with Gasteiger partial charge < -0.3 is 24.3 Å². The number of carbonyl (C=O) groups is 1. The lowest BCUT2D eigenvalue weighted by molar-refractivity contribution is -0.126. The number of piperazine rings is 1. The van der Waals surface area contributed by atoms with Crippen LogP contribution in [-0.2, 0) is 17.8 Å². The van der Waals surface area contributed by atoms with Crippen LogP contribution in [0.5, 0.6) is 5.75 Å². The van der Waals surface area contributed by atoms with Crippen molar-refractivity contribution in [3.63, 3.8) is 0 Å². The van der Waals surface area contributed by atoms with E-state index in [1.807, 2.05) is 24.3 Å². The van der Waals surface area contributed by atoms with Gasteiger partial charge in [0.25, 0.3) is 0 Å². The predicted octanol–water partition coefficient (Wildman–Crippen LogP) is 3.47. The Kier molecular flexibility index (Phi) is 5.28. The Bertz CT molecular complexity index is 1030. The van der Waals surface area contributed by atoms with Crippen LogP contribution < -0.4 is 19.9 Å². The first-order valence-electron chi connectivity index (χ1n) is 10.8. The Hall–Kier alpha value is -3.41. The molecule has 160 valence electrons. The van der Waals surface area contributed by atoms with Crippen molar-refractivity contribution in [3.05, 3.63) is 78.3 Å². The van der Waals surface area contributed by atoms with Crippen LogP contribution in [0.4, 0.5) is 11.4 Å². The van der Waals surface area contributed by atoms with E-state index < -0.39 is 0 Å². The molecule has 3 aromatic rings. The van der Waals surface area contributed by atoms with Crippen LogP contribution in [0.25, 0.3) is 0 Å². The second-order valence-electron chi connectivity index (χ2n) is 8.14. The third-order valence-corrected chi connectivity index (χ3v) is 6.42. The standard InChI is InChI=1S/C25H27N3O3/c1-30-20-10-8-19(9-11-20)27-12-13-28-23-7-3-2-5-18(23)15-22(24(28)17-27)25(29)26-16-21-6-4-14-31-21/h2-11,14,22,24H,12-13,15-17H2,1H3,(H,26,29)/t22-,24+/m1/s1. The van der Waals surface area contributed by atoms with Gasteiger partial charge in [-0.05, 0) is 54.4 Å². The minimum atomic E-state index is -0.120. The first kappa shape index (κ1) is 19.5. The summed E-state index contributed by atoms with van der Waals surface area (Å²) in [7, 11) is 1.68. The van der Waals surface area contributed by atoms with Gasteiger partial charge in [-0.1, -0.05) is 18.2 Å². The first-order chi connectivity index (χ1) is 15.2. The molecule has 1 aromatic heterocycles. The van der Waals surface area contributed by atoms with Gasteiger partial charge in [-0.2, -0.15) is 0 Å². The van der Waals surface area contributed by atoms with E-state index in [2.05, 4.69) is 51.5 Å². The third kappa shape index (κ3) is 3.85. The molecule has 5 rings (SSSR count). The summed E-state index contributed by atoms with van der Waals surface area (Å²) >= 11 is 0. The molecule has 1 fully saturated rings. The van der Waals surface area contributed by atoms with E-state index in [4.69, 9.17) is 9.15 Å². The molecule has 2 atom stereocenters. The second kappa shape index (κ2) is 8.38. The van der Waals surface area contributed by atoms with Gasteiger partial charge in [0, 0.05) is 31.0 Å². The van der Waals surface area contributed by atoms with Crippen LogP contribution in [0.2, 0.25) is 0 Å². The van der Waals surface area contributed by atoms with Crippen LogP contribution >= 0.6 is 0 Å². The van der Waals surface area contributed by atoms with Crippen LogP contribution in [-0.4, -0.2) is 38.7 Å². The summed E-state index contributed by atoms with van der Waals surface area (Å²) < 4.78 is 10.7. The summed E-state index contributed by atoms with van der Waals surface area (Å²) in [5, 5.41) is 3.09. The minimum absolute atomic E-state index is 0.0810. The Morgan fingerprint density at radius 2 is 1.94 bits per heavy atom. The highest BCUT2D eigenvalue weighted by atomic mass is 16.5. The van der Waals surface area contributed by atoms with Crippen molar-refractivity contribution >= 4 is 17.3 Å². The number of fused-ring (bicyclic) bond motifs is 3. The first-order valence-corrected chi connectivity index (χ1v) is 10.8. The molecule has 0 unspecified atom stereocenters. The zero-order chi connectivity index (χ0) is 21.2. The summed E-state index contributed by atoms with van der Waals surface area (Å²) in [6.45, 7) is 3.02. The molecule has 1 amide bonds. The molecule has 1 saturated heterocycles. The number of para-hydroxylation sites is 1. The molecule has 0 radical (unpaired) electrons. The van der Waals surface area contributed by atoms with Crippen molar-refractivity contribution in [2.75, 3.05) is 36.5 Å². The molecule has 6 nitrogen and oxygen atoms in total. The number of benzene rings is 2. The molecule has 0 spiro atoms. The number of furan rings is 1. The average molecular weight is 418 g/mol. The van der Waals surface area contributed by atoms with Gasteiger partial charge in [-0.3, -0.25) is 4.79 Å². The van der Waals surface area contributed by atoms with Crippen LogP contribution in [0.3, 0.4) is 0 Å². The number of ether oxygens (including phenoxy) is 1. The molecule has 3 heterocycles. The van der Waals surface area contributed by atoms with Crippen molar-refractivity contribution in [1.82, 2.24) is 5.32 Å². The van der Waals surface area contributed by atoms with Gasteiger partial charge in [0.2, 0.25) is 5.91 Å². The summed E-state index contributed by atoms with van der Waals surface area (Å²) in [4.78, 5) is 18.1. The maximum absolute atomic E-state index is 13.3. The maximum Gasteiger partial charge on any atom is 0.225 e. The van der Waals surface area contributed by atoms with Gasteiger partial charge in [-0.15, -0.1) is 0 Å². The average Bonchev–Trinajstić information content (AvgIpc) is 3.35. The number of rotatable bonds is 5. The fourth-order valence-electron chi connectivity index (χ4n) is 4.80. The topological polar surface area (TPSA) is 58.0 Å². The number of carbonyl (C=O) groups excluding carboxylic acids is 1. The number of methoxy groups -OCH3 is 1. The molecule has 31 heavy (non-hydrogen) atoms. The highest BCUT2D eigenvalue weighted by Gasteiger charge is 2.41. The van der Waals surface area contributed by atoms with Gasteiger partial charge in [-0.25, -0.2) is 0 Å². The van der Waals surface area contributed by atoms with Crippen molar-refractivity contribution in [3.8, 4) is 5.75 Å². The molecule has 0 aliphatic carbocycles. The Morgan fingerprint density at radius 3 is 2.71 bits per heavy atom. The summed E-state index contributed by atoms with van der Waals surface area (Å²) in [6.07, 6.45) is 2.38. The largest absolute Gasteiger partial charge is 0.497 e. The smallest absolute Gasteiger partial charge is 0.225 e. The highest BCUT2D eigenvalue weighted by Crippen LogP contribution is 2.37. The molecule has 0 saturated carbocycles. The van der Waals surface area contributed by atoms with E-state index in [0.29, 0.717) is 6.54 Å². The van der Waals surface area contributed by atoms with E-state index in [9.17, 15) is 4.79 Å². The normalized spacial score (nSPS) is 20.0. The number of amides is 1. The van der Waals surface area contributed by atoms with E-state index in [-0.39, 0.29) is 17.9 Å². The maximum atomic E-state index is 13.3. The molecule has 2 aromatic carbocycles. The van der Waals surface area contributed by atoms with E-state index in [1.165, 1.54) is 11.3 Å². The zero-order valence-electron chi connectivity index (χ0n) is 17.7. The van der Waals surface area contributed by atoms with E-state index >= 15 is 0 Å². The van der Waals surface area contributed by atoms with E-state index in [1.54, 1.807) is 13.4 Å². The molecule has 2 aliphatic heterocycles. The zero-order valence-corrected chi connectivity index (χ0v) is 17.7. The summed E-state index contributed by atoms with van der Waals surface area (Å²) in [5.74, 6) is 1.58. The number of hydrogen-bond donors (Lipinski definition) is 1. The van der Waals surface area contributed by atoms with Crippen LogP contribution in [0, 0.1) is 5.92 Å². The second-order valence-corrected chi connectivity index (χ2v) is 8.14. The predicted molar refractivity (Wildman–Crippen MR) is 121 cm³/mol. The minimum Gasteiger partial charge on any atom is -0.497 e. The fourth-order valence-corrected chi connectivity index (χ4v) is 4.80. The Balaban J connectivity index is 1.39. The quantitative estimate of drug-likeness (QED) is 0.689. The molecule has 0 bridgehead atoms. The van der Waals surface area contributed by atoms with Crippen LogP contribution in [0.1, 0.15) is 11.3 Å². The Labute approximate surface area is 182 Å². The van der Waals surface area contributed by atoms with Crippen molar-refractivity contribution in [1.29, 1.82) is 0 Å². The number of nitrogens with one attached hydrogen (secondary N) is 1. The van der Waals surface area contributed by atoms with Crippen molar-refractivity contribution in [2.45, 2.75) is 19.0 Å². The highest BCUT2D eigenvalue weighted by molar-refractivity contribution is 5.82. The van der Waals surface area contributed by atoms with Crippen molar-refractivity contribution < 1.29 is 13.9 Å². The third-order valence-electron chi connectivity index (χ3n) is 6.42. The summed E-state index contributed by atoms with van der Waals surface area (Å²) in [5.41, 5.74) is 3.67. The molecular formula is C25H27N3O3. The number of nitrogens with zero attached hydrogens (tertiary/aromatic N) is 2. The summed E-state index contributed by atoms with van der Waals surface area (Å²) in [6, 6.07) is 20.5. The van der Waals surface area contributed by atoms with Gasteiger partial charge >= 0.3 is 0 Å². The lowest BCUT2D eigenvalue weighted by atomic mass is 9.83.